The molecule has 0 fully saturated rings. The van der Waals surface area contributed by atoms with Crippen molar-refractivity contribution in [3.8, 4) is 0 Å². The Morgan fingerprint density at radius 3 is 2.67 bits per heavy atom. The molecule has 0 aliphatic rings. The number of hydrogen-bond donors (Lipinski definition) is 2. The Balaban J connectivity index is 1.80. The number of fused-ring (bicyclic) bond motifs is 1. The molecule has 0 spiro atoms. The van der Waals surface area contributed by atoms with Crippen LogP contribution in [0, 0.1) is 6.92 Å². The monoisotopic (exact) mass is 420 g/mol. The second-order valence-corrected chi connectivity index (χ2v) is 7.76. The van der Waals surface area contributed by atoms with E-state index in [4.69, 9.17) is 0 Å². The van der Waals surface area contributed by atoms with Crippen LogP contribution in [-0.2, 0) is 4.79 Å². The molecule has 152 valence electrons. The molecule has 8 nitrogen and oxygen atoms in total. The first-order valence-corrected chi connectivity index (χ1v) is 10.3. The largest absolute Gasteiger partial charge is 0.304 e. The first kappa shape index (κ1) is 19.7. The summed E-state index contributed by atoms with van der Waals surface area (Å²) < 4.78 is 2.76. The van der Waals surface area contributed by atoms with Crippen molar-refractivity contribution in [3.63, 3.8) is 0 Å². The molecule has 0 saturated carbocycles. The smallest absolute Gasteiger partial charge is 0.279 e. The van der Waals surface area contributed by atoms with E-state index in [-0.39, 0.29) is 17.8 Å². The molecule has 30 heavy (non-hydrogen) atoms. The minimum absolute atomic E-state index is 0.262. The van der Waals surface area contributed by atoms with Gasteiger partial charge in [0.05, 0.1) is 10.2 Å². The fourth-order valence-electron chi connectivity index (χ4n) is 3.17. The van der Waals surface area contributed by atoms with Crippen molar-refractivity contribution >= 4 is 39.3 Å². The number of rotatable bonds is 5. The SMILES string of the molecule is CCC(C(=O)Nc1ncn[nH]1)n1c(=NC(=O)c2ccc(C)cc2)sc2ccccc21. The number of aromatic nitrogens is 4. The lowest BCUT2D eigenvalue weighted by atomic mass is 10.1. The Kier molecular flexibility index (Phi) is 5.53. The average Bonchev–Trinajstić information content (AvgIpc) is 3.37. The summed E-state index contributed by atoms with van der Waals surface area (Å²) in [6, 6.07) is 14.4. The average molecular weight is 420 g/mol. The summed E-state index contributed by atoms with van der Waals surface area (Å²) in [5.74, 6) is -0.337. The van der Waals surface area contributed by atoms with E-state index in [0.29, 0.717) is 16.8 Å². The van der Waals surface area contributed by atoms with Crippen LogP contribution in [0.1, 0.15) is 35.3 Å². The van der Waals surface area contributed by atoms with E-state index in [1.807, 2.05) is 54.8 Å². The highest BCUT2D eigenvalue weighted by Gasteiger charge is 2.23. The fourth-order valence-corrected chi connectivity index (χ4v) is 4.24. The minimum Gasteiger partial charge on any atom is -0.304 e. The van der Waals surface area contributed by atoms with Gasteiger partial charge in [-0.15, -0.1) is 0 Å². The zero-order chi connectivity index (χ0) is 21.1. The fraction of sp³-hybridized carbons (Fsp3) is 0.190. The number of anilines is 1. The zero-order valence-electron chi connectivity index (χ0n) is 16.5. The van der Waals surface area contributed by atoms with Crippen LogP contribution in [0.3, 0.4) is 0 Å². The van der Waals surface area contributed by atoms with Crippen molar-refractivity contribution in [1.82, 2.24) is 19.7 Å². The molecular formula is C21H20N6O2S. The van der Waals surface area contributed by atoms with Crippen LogP contribution in [0.15, 0.2) is 59.9 Å². The molecule has 2 N–H and O–H groups in total. The first-order chi connectivity index (χ1) is 14.6. The lowest BCUT2D eigenvalue weighted by Gasteiger charge is -2.17. The van der Waals surface area contributed by atoms with Crippen molar-refractivity contribution < 1.29 is 9.59 Å². The molecule has 2 amide bonds. The molecule has 2 aromatic heterocycles. The number of aryl methyl sites for hydroxylation is 1. The lowest BCUT2D eigenvalue weighted by molar-refractivity contribution is -0.119. The van der Waals surface area contributed by atoms with Gasteiger partial charge >= 0.3 is 0 Å². The van der Waals surface area contributed by atoms with Crippen LogP contribution in [0.4, 0.5) is 5.95 Å². The van der Waals surface area contributed by atoms with Gasteiger partial charge < -0.3 is 4.57 Å². The van der Waals surface area contributed by atoms with Crippen molar-refractivity contribution in [2.75, 3.05) is 5.32 Å². The second kappa shape index (κ2) is 8.42. The van der Waals surface area contributed by atoms with Crippen molar-refractivity contribution in [2.45, 2.75) is 26.3 Å². The summed E-state index contributed by atoms with van der Waals surface area (Å²) in [5.41, 5.74) is 2.42. The van der Waals surface area contributed by atoms with Gasteiger partial charge in [0.25, 0.3) is 5.91 Å². The van der Waals surface area contributed by atoms with E-state index in [1.54, 1.807) is 12.1 Å². The Morgan fingerprint density at radius 1 is 1.20 bits per heavy atom. The Morgan fingerprint density at radius 2 is 1.97 bits per heavy atom. The number of amides is 2. The molecule has 9 heteroatoms. The predicted molar refractivity (Wildman–Crippen MR) is 115 cm³/mol. The Bertz CT molecular complexity index is 1250. The normalized spacial score (nSPS) is 12.8. The van der Waals surface area contributed by atoms with Gasteiger partial charge in [-0.05, 0) is 37.6 Å². The molecule has 1 atom stereocenters. The highest BCUT2D eigenvalue weighted by Crippen LogP contribution is 2.23. The quantitative estimate of drug-likeness (QED) is 0.516. The van der Waals surface area contributed by atoms with Gasteiger partial charge in [-0.2, -0.15) is 15.1 Å². The van der Waals surface area contributed by atoms with Gasteiger partial charge in [0, 0.05) is 5.56 Å². The van der Waals surface area contributed by atoms with Crippen LogP contribution in [0.5, 0.6) is 0 Å². The highest BCUT2D eigenvalue weighted by atomic mass is 32.1. The molecule has 0 radical (unpaired) electrons. The van der Waals surface area contributed by atoms with Crippen molar-refractivity contribution in [3.05, 3.63) is 70.8 Å². The topological polar surface area (TPSA) is 105 Å². The zero-order valence-corrected chi connectivity index (χ0v) is 17.3. The van der Waals surface area contributed by atoms with Gasteiger partial charge in [-0.25, -0.2) is 5.10 Å². The number of benzene rings is 2. The summed E-state index contributed by atoms with van der Waals surface area (Å²) in [4.78, 5) is 34.6. The van der Waals surface area contributed by atoms with Gasteiger partial charge in [0.2, 0.25) is 11.9 Å². The minimum atomic E-state index is -0.573. The van der Waals surface area contributed by atoms with Crippen LogP contribution in [0.25, 0.3) is 10.2 Å². The summed E-state index contributed by atoms with van der Waals surface area (Å²) in [6.45, 7) is 3.87. The summed E-state index contributed by atoms with van der Waals surface area (Å²) in [6.07, 6.45) is 1.83. The number of para-hydroxylation sites is 1. The molecule has 0 bridgehead atoms. The van der Waals surface area contributed by atoms with Crippen molar-refractivity contribution in [1.29, 1.82) is 0 Å². The Hall–Kier alpha value is -3.59. The van der Waals surface area contributed by atoms with E-state index in [1.165, 1.54) is 17.7 Å². The number of H-pyrrole nitrogens is 1. The number of thiazole rings is 1. The van der Waals surface area contributed by atoms with Gasteiger partial charge in [-0.1, -0.05) is 48.1 Å². The predicted octanol–water partition coefficient (Wildman–Crippen LogP) is 3.46. The summed E-state index contributed by atoms with van der Waals surface area (Å²) in [7, 11) is 0. The number of carbonyl (C=O) groups is 2. The third kappa shape index (κ3) is 3.92. The van der Waals surface area contributed by atoms with E-state index in [2.05, 4.69) is 25.5 Å². The lowest BCUT2D eigenvalue weighted by Crippen LogP contribution is -2.31. The molecule has 4 aromatic rings. The molecule has 0 aliphatic heterocycles. The van der Waals surface area contributed by atoms with Crippen molar-refractivity contribution in [2.24, 2.45) is 4.99 Å². The molecule has 2 aromatic carbocycles. The number of hydrogen-bond acceptors (Lipinski definition) is 5. The van der Waals surface area contributed by atoms with E-state index < -0.39 is 6.04 Å². The standard InChI is InChI=1S/C21H20N6O2S/c1-3-15(19(29)24-20-22-12-23-26-20)27-16-6-4-5-7-17(16)30-21(27)25-18(28)14-10-8-13(2)9-11-14/h4-12,15H,3H2,1-2H3,(H2,22,23,24,26,29). The number of nitrogens with zero attached hydrogens (tertiary/aromatic N) is 4. The molecule has 1 unspecified atom stereocenters. The van der Waals surface area contributed by atoms with Crippen LogP contribution >= 0.6 is 11.3 Å². The summed E-state index contributed by atoms with van der Waals surface area (Å²) >= 11 is 1.38. The maximum atomic E-state index is 13.0. The van der Waals surface area contributed by atoms with E-state index >= 15 is 0 Å². The Labute approximate surface area is 176 Å². The molecule has 0 aliphatic carbocycles. The summed E-state index contributed by atoms with van der Waals surface area (Å²) in [5, 5.41) is 9.11. The molecular weight excluding hydrogens is 400 g/mol. The molecule has 2 heterocycles. The van der Waals surface area contributed by atoms with Gasteiger partial charge in [0.15, 0.2) is 4.80 Å². The third-order valence-electron chi connectivity index (χ3n) is 4.69. The van der Waals surface area contributed by atoms with Crippen LogP contribution in [0.2, 0.25) is 0 Å². The number of nitrogens with one attached hydrogen (secondary N) is 2. The maximum Gasteiger partial charge on any atom is 0.279 e. The first-order valence-electron chi connectivity index (χ1n) is 9.49. The van der Waals surface area contributed by atoms with Gasteiger partial charge in [-0.3, -0.25) is 14.9 Å². The molecule has 0 saturated heterocycles. The van der Waals surface area contributed by atoms with Crippen LogP contribution < -0.4 is 10.1 Å². The van der Waals surface area contributed by atoms with Gasteiger partial charge in [0.1, 0.15) is 12.4 Å². The van der Waals surface area contributed by atoms with E-state index in [0.717, 1.165) is 15.8 Å². The number of carbonyl (C=O) groups excluding carboxylic acids is 2. The second-order valence-electron chi connectivity index (χ2n) is 6.75. The van der Waals surface area contributed by atoms with Crippen LogP contribution in [-0.4, -0.2) is 31.6 Å². The maximum absolute atomic E-state index is 13.0. The number of aromatic amines is 1. The van der Waals surface area contributed by atoms with E-state index in [9.17, 15) is 9.59 Å². The molecule has 4 rings (SSSR count). The third-order valence-corrected chi connectivity index (χ3v) is 5.72. The highest BCUT2D eigenvalue weighted by molar-refractivity contribution is 7.16.